The first kappa shape index (κ1) is 25.5. The van der Waals surface area contributed by atoms with Crippen LogP contribution in [0.3, 0.4) is 0 Å². The first-order valence-electron chi connectivity index (χ1n) is 10.7. The molecule has 0 heterocycles. The van der Waals surface area contributed by atoms with Crippen LogP contribution in [0.5, 0.6) is 11.5 Å². The fourth-order valence-electron chi connectivity index (χ4n) is 2.64. The van der Waals surface area contributed by atoms with Crippen LogP contribution in [-0.4, -0.2) is 43.3 Å². The minimum Gasteiger partial charge on any atom is -0.494 e. The van der Waals surface area contributed by atoms with Gasteiger partial charge in [0.1, 0.15) is 17.1 Å². The van der Waals surface area contributed by atoms with Crippen molar-refractivity contribution in [2.24, 2.45) is 0 Å². The molecule has 2 aromatic rings. The van der Waals surface area contributed by atoms with Crippen molar-refractivity contribution in [2.45, 2.75) is 39.7 Å². The van der Waals surface area contributed by atoms with Gasteiger partial charge in [0, 0.05) is 13.0 Å². The smallest absolute Gasteiger partial charge is 0.407 e. The van der Waals surface area contributed by atoms with Crippen molar-refractivity contribution < 1.29 is 28.6 Å². The maximum atomic E-state index is 12.3. The summed E-state index contributed by atoms with van der Waals surface area (Å²) < 4.78 is 16.0. The van der Waals surface area contributed by atoms with E-state index in [1.165, 1.54) is 0 Å². The summed E-state index contributed by atoms with van der Waals surface area (Å²) in [6, 6.07) is 13.8. The van der Waals surface area contributed by atoms with Gasteiger partial charge in [-0.1, -0.05) is 12.1 Å². The van der Waals surface area contributed by atoms with Gasteiger partial charge in [0.25, 0.3) is 5.91 Å². The first-order valence-corrected chi connectivity index (χ1v) is 10.7. The van der Waals surface area contributed by atoms with E-state index in [4.69, 9.17) is 14.2 Å². The lowest BCUT2D eigenvalue weighted by molar-refractivity contribution is -0.118. The van der Waals surface area contributed by atoms with Crippen molar-refractivity contribution in [2.75, 3.05) is 30.4 Å². The van der Waals surface area contributed by atoms with Gasteiger partial charge >= 0.3 is 6.09 Å². The number of benzene rings is 2. The van der Waals surface area contributed by atoms with Crippen molar-refractivity contribution in [3.63, 3.8) is 0 Å². The highest BCUT2D eigenvalue weighted by Gasteiger charge is 2.16. The molecule has 0 aliphatic carbocycles. The number of hydrogen-bond donors (Lipinski definition) is 3. The molecule has 178 valence electrons. The number of alkyl carbamates (subject to hydrolysis) is 1. The molecule has 0 aromatic heterocycles. The van der Waals surface area contributed by atoms with Crippen molar-refractivity contribution in [3.8, 4) is 11.5 Å². The predicted octanol–water partition coefficient (Wildman–Crippen LogP) is 3.96. The van der Waals surface area contributed by atoms with E-state index in [9.17, 15) is 14.4 Å². The van der Waals surface area contributed by atoms with Crippen LogP contribution >= 0.6 is 0 Å². The van der Waals surface area contributed by atoms with Crippen molar-refractivity contribution in [1.82, 2.24) is 5.32 Å². The number of carbonyl (C=O) groups is 3. The van der Waals surface area contributed by atoms with Gasteiger partial charge in [-0.25, -0.2) is 4.79 Å². The molecule has 9 nitrogen and oxygen atoms in total. The Kier molecular flexibility index (Phi) is 9.53. The molecule has 2 rings (SSSR count). The molecule has 0 radical (unpaired) electrons. The Morgan fingerprint density at radius 1 is 0.818 bits per heavy atom. The summed E-state index contributed by atoms with van der Waals surface area (Å²) in [6.45, 7) is 7.66. The van der Waals surface area contributed by atoms with Gasteiger partial charge in [0.2, 0.25) is 5.91 Å². The quantitative estimate of drug-likeness (QED) is 0.498. The molecule has 3 N–H and O–H groups in total. The van der Waals surface area contributed by atoms with Gasteiger partial charge in [0.15, 0.2) is 6.61 Å². The number of nitrogens with one attached hydrogen (secondary N) is 3. The van der Waals surface area contributed by atoms with Crippen molar-refractivity contribution >= 4 is 29.3 Å². The Morgan fingerprint density at radius 3 is 1.91 bits per heavy atom. The highest BCUT2D eigenvalue weighted by molar-refractivity contribution is 6.00. The molecule has 0 aliphatic rings. The maximum Gasteiger partial charge on any atom is 0.407 e. The van der Waals surface area contributed by atoms with E-state index in [0.29, 0.717) is 23.7 Å². The van der Waals surface area contributed by atoms with Crippen LogP contribution in [0.4, 0.5) is 16.2 Å². The molecule has 0 aliphatic heterocycles. The topological polar surface area (TPSA) is 115 Å². The predicted molar refractivity (Wildman–Crippen MR) is 126 cm³/mol. The standard InChI is InChI=1S/C24H31N3O6/c1-5-31-17-10-12-18(13-11-17)32-16-22(29)27-20-9-7-6-8-19(20)26-21(28)14-15-25-23(30)33-24(2,3)4/h6-13H,5,14-16H2,1-4H3,(H,25,30)(H,26,28)(H,27,29). The third-order valence-electron chi connectivity index (χ3n) is 4.00. The van der Waals surface area contributed by atoms with E-state index in [2.05, 4.69) is 16.0 Å². The molecule has 3 amide bonds. The van der Waals surface area contributed by atoms with Gasteiger partial charge in [-0.3, -0.25) is 9.59 Å². The van der Waals surface area contributed by atoms with Crippen LogP contribution in [0.25, 0.3) is 0 Å². The molecular formula is C24H31N3O6. The van der Waals surface area contributed by atoms with E-state index < -0.39 is 11.7 Å². The summed E-state index contributed by atoms with van der Waals surface area (Å²) >= 11 is 0. The SMILES string of the molecule is CCOc1ccc(OCC(=O)Nc2ccccc2NC(=O)CCNC(=O)OC(C)(C)C)cc1. The zero-order valence-corrected chi connectivity index (χ0v) is 19.4. The van der Waals surface area contributed by atoms with E-state index >= 15 is 0 Å². The number of carbonyl (C=O) groups excluding carboxylic acids is 3. The fourth-order valence-corrected chi connectivity index (χ4v) is 2.64. The van der Waals surface area contributed by atoms with E-state index in [-0.39, 0.29) is 31.4 Å². The second-order valence-corrected chi connectivity index (χ2v) is 8.01. The molecule has 0 fully saturated rings. The molecule has 2 aromatic carbocycles. The minimum absolute atomic E-state index is 0.0440. The maximum absolute atomic E-state index is 12.3. The lowest BCUT2D eigenvalue weighted by atomic mass is 10.2. The normalized spacial score (nSPS) is 10.7. The van der Waals surface area contributed by atoms with Crippen molar-refractivity contribution in [3.05, 3.63) is 48.5 Å². The molecule has 0 spiro atoms. The average Bonchev–Trinajstić information content (AvgIpc) is 2.73. The summed E-state index contributed by atoms with van der Waals surface area (Å²) in [7, 11) is 0. The lowest BCUT2D eigenvalue weighted by Crippen LogP contribution is -2.34. The Bertz CT molecular complexity index is 938. The molecule has 0 saturated carbocycles. The third kappa shape index (κ3) is 9.94. The van der Waals surface area contributed by atoms with Gasteiger partial charge in [0.05, 0.1) is 18.0 Å². The number of rotatable bonds is 10. The van der Waals surface area contributed by atoms with Crippen LogP contribution in [0.15, 0.2) is 48.5 Å². The molecule has 0 unspecified atom stereocenters. The van der Waals surface area contributed by atoms with Gasteiger partial charge in [-0.2, -0.15) is 0 Å². The summed E-state index contributed by atoms with van der Waals surface area (Å²) in [5.41, 5.74) is 0.264. The van der Waals surface area contributed by atoms with E-state index in [0.717, 1.165) is 5.75 Å². The molecule has 33 heavy (non-hydrogen) atoms. The number of ether oxygens (including phenoxy) is 3. The molecular weight excluding hydrogens is 426 g/mol. The molecule has 9 heteroatoms. The lowest BCUT2D eigenvalue weighted by Gasteiger charge is -2.19. The van der Waals surface area contributed by atoms with E-state index in [1.54, 1.807) is 69.3 Å². The third-order valence-corrected chi connectivity index (χ3v) is 4.00. The molecule has 0 bridgehead atoms. The van der Waals surface area contributed by atoms with Gasteiger partial charge < -0.3 is 30.2 Å². The summed E-state index contributed by atoms with van der Waals surface area (Å²) in [6.07, 6.45) is -0.543. The largest absolute Gasteiger partial charge is 0.494 e. The van der Waals surface area contributed by atoms with Crippen LogP contribution < -0.4 is 25.4 Å². The second-order valence-electron chi connectivity index (χ2n) is 8.01. The number of hydrogen-bond acceptors (Lipinski definition) is 6. The number of amides is 3. The fraction of sp³-hybridized carbons (Fsp3) is 0.375. The molecule has 0 saturated heterocycles. The van der Waals surface area contributed by atoms with Gasteiger partial charge in [-0.05, 0) is 64.1 Å². The van der Waals surface area contributed by atoms with Crippen LogP contribution in [-0.2, 0) is 14.3 Å². The zero-order valence-electron chi connectivity index (χ0n) is 19.4. The number of para-hydroxylation sites is 2. The van der Waals surface area contributed by atoms with Crippen LogP contribution in [0, 0.1) is 0 Å². The van der Waals surface area contributed by atoms with Gasteiger partial charge in [-0.15, -0.1) is 0 Å². The molecule has 0 atom stereocenters. The second kappa shape index (κ2) is 12.3. The first-order chi connectivity index (χ1) is 15.7. The Morgan fingerprint density at radius 2 is 1.36 bits per heavy atom. The van der Waals surface area contributed by atoms with Crippen molar-refractivity contribution in [1.29, 1.82) is 0 Å². The Hall–Kier alpha value is -3.75. The zero-order chi connectivity index (χ0) is 24.3. The monoisotopic (exact) mass is 457 g/mol. The van der Waals surface area contributed by atoms with Crippen LogP contribution in [0.2, 0.25) is 0 Å². The summed E-state index contributed by atoms with van der Waals surface area (Å²) in [5, 5.41) is 7.98. The average molecular weight is 458 g/mol. The number of anilines is 2. The Labute approximate surface area is 193 Å². The Balaban J connectivity index is 1.82. The van der Waals surface area contributed by atoms with E-state index in [1.807, 2.05) is 6.92 Å². The summed E-state index contributed by atoms with van der Waals surface area (Å²) in [4.78, 5) is 36.2. The highest BCUT2D eigenvalue weighted by atomic mass is 16.6. The summed E-state index contributed by atoms with van der Waals surface area (Å²) in [5.74, 6) is 0.559. The minimum atomic E-state index is -0.611. The highest BCUT2D eigenvalue weighted by Crippen LogP contribution is 2.22. The van der Waals surface area contributed by atoms with Crippen LogP contribution in [0.1, 0.15) is 34.1 Å².